The van der Waals surface area contributed by atoms with Crippen LogP contribution in [-0.4, -0.2) is 37.8 Å². The molecule has 6 nitrogen and oxygen atoms in total. The van der Waals surface area contributed by atoms with Crippen molar-refractivity contribution in [2.75, 3.05) is 13.2 Å². The highest BCUT2D eigenvalue weighted by molar-refractivity contribution is 7.91. The summed E-state index contributed by atoms with van der Waals surface area (Å²) in [6, 6.07) is 3.82. The van der Waals surface area contributed by atoms with Crippen molar-refractivity contribution in [3.63, 3.8) is 0 Å². The third-order valence-electron chi connectivity index (χ3n) is 5.22. The van der Waals surface area contributed by atoms with Crippen LogP contribution in [-0.2, 0) is 28.6 Å². The first-order valence-corrected chi connectivity index (χ1v) is 10.6. The highest BCUT2D eigenvalue weighted by atomic mass is 32.2. The van der Waals surface area contributed by atoms with Crippen LogP contribution in [0.2, 0.25) is 0 Å². The lowest BCUT2D eigenvalue weighted by Gasteiger charge is -2.24. The van der Waals surface area contributed by atoms with Gasteiger partial charge in [-0.1, -0.05) is 11.3 Å². The molecule has 1 aliphatic heterocycles. The summed E-state index contributed by atoms with van der Waals surface area (Å²) in [6.07, 6.45) is 0.821. The van der Waals surface area contributed by atoms with Gasteiger partial charge in [-0.3, -0.25) is 9.36 Å². The van der Waals surface area contributed by atoms with Gasteiger partial charge in [0.25, 0.3) is 5.56 Å². The molecule has 1 aromatic carbocycles. The average molecular weight is 404 g/mol. The van der Waals surface area contributed by atoms with E-state index in [0.717, 1.165) is 23.4 Å². The number of benzene rings is 1. The van der Waals surface area contributed by atoms with Crippen molar-refractivity contribution in [1.29, 1.82) is 0 Å². The van der Waals surface area contributed by atoms with Crippen LogP contribution in [0, 0.1) is 6.92 Å². The second-order valence-corrected chi connectivity index (χ2v) is 10.8. The fourth-order valence-electron chi connectivity index (χ4n) is 3.49. The predicted molar refractivity (Wildman–Crippen MR) is 115 cm³/mol. The number of hydrogen-bond donors (Lipinski definition) is 0. The Hall–Kier alpha value is -1.70. The molecule has 1 aromatic heterocycles. The molecule has 2 aromatic rings. The molecule has 0 bridgehead atoms. The fraction of sp³-hybridized carbons (Fsp3) is 0.571. The van der Waals surface area contributed by atoms with Gasteiger partial charge in [0.2, 0.25) is 0 Å². The molecular weight excluding hydrogens is 374 g/mol. The number of aryl methyl sites for hydroxylation is 1. The zero-order valence-corrected chi connectivity index (χ0v) is 18.6. The SMILES string of the molecule is CC(=N[S+]([O-])C(C)(C)C)c1cc(C)cc2c(=O)n(C)c(C3(C)CCOC3)nc12. The van der Waals surface area contributed by atoms with Gasteiger partial charge < -0.3 is 9.29 Å². The Labute approximate surface area is 169 Å². The van der Waals surface area contributed by atoms with E-state index in [4.69, 9.17) is 9.72 Å². The van der Waals surface area contributed by atoms with Crippen LogP contribution in [0.5, 0.6) is 0 Å². The van der Waals surface area contributed by atoms with E-state index in [2.05, 4.69) is 11.3 Å². The van der Waals surface area contributed by atoms with E-state index in [1.165, 1.54) is 0 Å². The Morgan fingerprint density at radius 3 is 2.64 bits per heavy atom. The van der Waals surface area contributed by atoms with Gasteiger partial charge in [-0.05, 0) is 58.7 Å². The van der Waals surface area contributed by atoms with E-state index in [1.807, 2.05) is 46.8 Å². The summed E-state index contributed by atoms with van der Waals surface area (Å²) in [4.78, 5) is 18.1. The lowest BCUT2D eigenvalue weighted by atomic mass is 9.88. The minimum absolute atomic E-state index is 0.0807. The first kappa shape index (κ1) is 21.0. The quantitative estimate of drug-likeness (QED) is 0.582. The molecule has 1 saturated heterocycles. The lowest BCUT2D eigenvalue weighted by Crippen LogP contribution is -2.34. The maximum Gasteiger partial charge on any atom is 0.261 e. The molecule has 0 spiro atoms. The van der Waals surface area contributed by atoms with Gasteiger partial charge in [0.05, 0.1) is 28.6 Å². The van der Waals surface area contributed by atoms with Crippen LogP contribution < -0.4 is 5.56 Å². The second kappa shape index (κ2) is 7.28. The summed E-state index contributed by atoms with van der Waals surface area (Å²) < 4.78 is 23.7. The largest absolute Gasteiger partial charge is 0.591 e. The minimum Gasteiger partial charge on any atom is -0.591 e. The van der Waals surface area contributed by atoms with Crippen LogP contribution >= 0.6 is 0 Å². The topological polar surface area (TPSA) is 79.5 Å². The molecule has 0 radical (unpaired) electrons. The molecule has 2 heterocycles. The van der Waals surface area contributed by atoms with Gasteiger partial charge in [0.1, 0.15) is 21.9 Å². The van der Waals surface area contributed by atoms with Gasteiger partial charge in [-0.15, -0.1) is 0 Å². The normalized spacial score (nSPS) is 22.1. The zero-order valence-electron chi connectivity index (χ0n) is 17.8. The number of nitrogens with zero attached hydrogens (tertiary/aromatic N) is 3. The number of hydrogen-bond acceptors (Lipinski definition) is 5. The first-order valence-electron chi connectivity index (χ1n) is 9.51. The molecule has 0 amide bonds. The van der Waals surface area contributed by atoms with Crippen molar-refractivity contribution >= 4 is 28.0 Å². The van der Waals surface area contributed by atoms with Crippen molar-refractivity contribution in [1.82, 2.24) is 9.55 Å². The Bertz CT molecular complexity index is 999. The Balaban J connectivity index is 2.28. The predicted octanol–water partition coefficient (Wildman–Crippen LogP) is 3.19. The molecule has 0 saturated carbocycles. The summed E-state index contributed by atoms with van der Waals surface area (Å²) in [5, 5.41) is 0.555. The van der Waals surface area contributed by atoms with Crippen molar-refractivity contribution < 1.29 is 9.29 Å². The Morgan fingerprint density at radius 2 is 2.07 bits per heavy atom. The van der Waals surface area contributed by atoms with Crippen molar-refractivity contribution in [2.45, 2.75) is 58.1 Å². The van der Waals surface area contributed by atoms with Crippen molar-refractivity contribution in [3.8, 4) is 0 Å². The number of ether oxygens (including phenoxy) is 1. The van der Waals surface area contributed by atoms with E-state index in [9.17, 15) is 9.35 Å². The van der Waals surface area contributed by atoms with Crippen LogP contribution in [0.1, 0.15) is 58.0 Å². The maximum absolute atomic E-state index is 13.1. The van der Waals surface area contributed by atoms with E-state index in [0.29, 0.717) is 29.8 Å². The molecule has 28 heavy (non-hydrogen) atoms. The van der Waals surface area contributed by atoms with Gasteiger partial charge in [-0.25, -0.2) is 4.98 Å². The zero-order chi connectivity index (χ0) is 20.9. The minimum atomic E-state index is -1.39. The van der Waals surface area contributed by atoms with Gasteiger partial charge in [0, 0.05) is 19.2 Å². The molecule has 3 rings (SSSR count). The molecule has 2 atom stereocenters. The summed E-state index contributed by atoms with van der Waals surface area (Å²) in [7, 11) is 1.77. The van der Waals surface area contributed by atoms with E-state index in [1.54, 1.807) is 11.6 Å². The summed E-state index contributed by atoms with van der Waals surface area (Å²) in [5.41, 5.74) is 2.56. The molecule has 0 N–H and O–H groups in total. The van der Waals surface area contributed by atoms with Gasteiger partial charge >= 0.3 is 0 Å². The van der Waals surface area contributed by atoms with Crippen LogP contribution in [0.4, 0.5) is 0 Å². The Morgan fingerprint density at radius 1 is 1.39 bits per heavy atom. The van der Waals surface area contributed by atoms with Gasteiger partial charge in [-0.2, -0.15) is 0 Å². The molecule has 1 fully saturated rings. The van der Waals surface area contributed by atoms with Crippen LogP contribution in [0.15, 0.2) is 21.3 Å². The molecular formula is C21H29N3O3S. The number of rotatable bonds is 3. The highest BCUT2D eigenvalue weighted by Crippen LogP contribution is 2.32. The number of aromatic nitrogens is 2. The van der Waals surface area contributed by atoms with Crippen LogP contribution in [0.25, 0.3) is 10.9 Å². The molecule has 0 aliphatic carbocycles. The number of fused-ring (bicyclic) bond motifs is 1. The summed E-state index contributed by atoms with van der Waals surface area (Å²) in [5.74, 6) is 0.720. The van der Waals surface area contributed by atoms with Gasteiger partial charge in [0.15, 0.2) is 0 Å². The molecule has 2 unspecified atom stereocenters. The molecule has 1 aliphatic rings. The summed E-state index contributed by atoms with van der Waals surface area (Å²) in [6.45, 7) is 12.7. The van der Waals surface area contributed by atoms with Crippen molar-refractivity contribution in [2.24, 2.45) is 11.4 Å². The maximum atomic E-state index is 13.1. The monoisotopic (exact) mass is 403 g/mol. The van der Waals surface area contributed by atoms with E-state index >= 15 is 0 Å². The average Bonchev–Trinajstić information content (AvgIpc) is 3.04. The third-order valence-corrected chi connectivity index (χ3v) is 6.70. The molecule has 152 valence electrons. The fourth-order valence-corrected chi connectivity index (χ4v) is 4.11. The van der Waals surface area contributed by atoms with Crippen LogP contribution in [0.3, 0.4) is 0 Å². The smallest absolute Gasteiger partial charge is 0.261 e. The standard InChI is InChI=1S/C21H29N3O3S/c1-13-10-15(14(2)23-28(26)20(3,4)5)17-16(11-13)18(25)24(7)19(22-17)21(6)8-9-27-12-21/h10-11H,8-9,12H2,1-7H3. The third kappa shape index (κ3) is 3.75. The lowest BCUT2D eigenvalue weighted by molar-refractivity contribution is 0.178. The summed E-state index contributed by atoms with van der Waals surface area (Å²) >= 11 is -1.39. The second-order valence-electron chi connectivity index (χ2n) is 8.91. The van der Waals surface area contributed by atoms with E-state index < -0.39 is 16.1 Å². The molecule has 7 heteroatoms. The van der Waals surface area contributed by atoms with E-state index in [-0.39, 0.29) is 11.0 Å². The van der Waals surface area contributed by atoms with Crippen molar-refractivity contribution in [3.05, 3.63) is 39.4 Å². The first-order chi connectivity index (χ1) is 12.9. The Kier molecular flexibility index (Phi) is 5.47. The highest BCUT2D eigenvalue weighted by Gasteiger charge is 2.36.